The number of halogens is 1. The summed E-state index contributed by atoms with van der Waals surface area (Å²) in [5, 5.41) is 2.75. The molecule has 0 saturated carbocycles. The first-order valence-corrected chi connectivity index (χ1v) is 12.0. The van der Waals surface area contributed by atoms with Crippen LogP contribution in [0, 0.1) is 5.82 Å². The molecule has 0 aliphatic carbocycles. The number of hydrogen-bond donors (Lipinski definition) is 1. The van der Waals surface area contributed by atoms with Crippen LogP contribution in [0.25, 0.3) is 11.3 Å². The van der Waals surface area contributed by atoms with Crippen molar-refractivity contribution in [2.24, 2.45) is 7.05 Å². The topological polar surface area (TPSA) is 75.5 Å². The van der Waals surface area contributed by atoms with Gasteiger partial charge in [0, 0.05) is 50.2 Å². The number of rotatable bonds is 4. The molecule has 5 rings (SSSR count). The highest BCUT2D eigenvalue weighted by Crippen LogP contribution is 2.28. The lowest BCUT2D eigenvalue weighted by Gasteiger charge is -2.34. The third-order valence-electron chi connectivity index (χ3n) is 6.25. The van der Waals surface area contributed by atoms with E-state index in [1.807, 2.05) is 19.0 Å². The zero-order valence-electron chi connectivity index (χ0n) is 20.6. The van der Waals surface area contributed by atoms with Crippen molar-refractivity contribution in [1.29, 1.82) is 0 Å². The number of pyridine rings is 1. The molecule has 1 aromatic carbocycles. The van der Waals surface area contributed by atoms with Crippen LogP contribution in [-0.4, -0.2) is 61.4 Å². The molecule has 0 bridgehead atoms. The minimum atomic E-state index is -0.503. The molecule has 2 fully saturated rings. The molecule has 0 amide bonds. The summed E-state index contributed by atoms with van der Waals surface area (Å²) in [6.45, 7) is 3.90. The van der Waals surface area contributed by atoms with Crippen molar-refractivity contribution in [3.8, 4) is 11.3 Å². The van der Waals surface area contributed by atoms with Crippen LogP contribution in [0.15, 0.2) is 53.6 Å². The molecule has 1 atom stereocenters. The van der Waals surface area contributed by atoms with E-state index in [1.165, 1.54) is 41.4 Å². The Bertz CT molecular complexity index is 1180. The summed E-state index contributed by atoms with van der Waals surface area (Å²) in [6.07, 6.45) is 4.99. The molecule has 0 spiro atoms. The number of nitrogens with zero attached hydrogens (tertiary/aromatic N) is 5. The Hall–Kier alpha value is -3.30. The average Bonchev–Trinajstić information content (AvgIpc) is 3.42. The normalized spacial score (nSPS) is 17.8. The smallest absolute Gasteiger partial charge is 0.255 e. The summed E-state index contributed by atoms with van der Waals surface area (Å²) in [5.74, 6) is 0.00264. The van der Waals surface area contributed by atoms with Crippen LogP contribution in [0.1, 0.15) is 24.5 Å². The van der Waals surface area contributed by atoms with E-state index >= 15 is 0 Å². The van der Waals surface area contributed by atoms with Crippen LogP contribution in [-0.2, 0) is 11.8 Å². The SMILES string of the molecule is CNC.Cn1c(N2CCOC(c3ccc(N4CCCC4)cc3)C2)nc(-c2ccncc2F)cc1=O. The highest BCUT2D eigenvalue weighted by Gasteiger charge is 2.26. The Kier molecular flexibility index (Phi) is 8.09. The van der Waals surface area contributed by atoms with E-state index < -0.39 is 5.82 Å². The van der Waals surface area contributed by atoms with Crippen molar-refractivity contribution in [1.82, 2.24) is 19.9 Å². The van der Waals surface area contributed by atoms with Crippen molar-refractivity contribution >= 4 is 11.6 Å². The molecular weight excluding hydrogens is 447 g/mol. The van der Waals surface area contributed by atoms with E-state index in [0.29, 0.717) is 31.3 Å². The highest BCUT2D eigenvalue weighted by atomic mass is 19.1. The van der Waals surface area contributed by atoms with Crippen LogP contribution in [0.3, 0.4) is 0 Å². The molecule has 0 radical (unpaired) electrons. The number of aromatic nitrogens is 3. The van der Waals surface area contributed by atoms with Crippen LogP contribution in [0.5, 0.6) is 0 Å². The molecule has 2 aliphatic rings. The highest BCUT2D eigenvalue weighted by molar-refractivity contribution is 5.60. The Morgan fingerprint density at radius 2 is 1.77 bits per heavy atom. The zero-order valence-corrected chi connectivity index (χ0v) is 20.6. The number of morpholine rings is 1. The molecule has 4 heterocycles. The van der Waals surface area contributed by atoms with Gasteiger partial charge in [-0.1, -0.05) is 12.1 Å². The molecule has 1 unspecified atom stereocenters. The molecule has 3 aromatic rings. The number of ether oxygens (including phenoxy) is 1. The van der Waals surface area contributed by atoms with Crippen molar-refractivity contribution in [2.45, 2.75) is 18.9 Å². The second-order valence-electron chi connectivity index (χ2n) is 8.79. The molecule has 8 nitrogen and oxygen atoms in total. The van der Waals surface area contributed by atoms with Gasteiger partial charge in [-0.15, -0.1) is 0 Å². The van der Waals surface area contributed by atoms with Crippen LogP contribution in [0.4, 0.5) is 16.0 Å². The number of hydrogen-bond acceptors (Lipinski definition) is 7. The van der Waals surface area contributed by atoms with Gasteiger partial charge in [0.25, 0.3) is 5.56 Å². The van der Waals surface area contributed by atoms with E-state index in [1.54, 1.807) is 7.05 Å². The Labute approximate surface area is 205 Å². The van der Waals surface area contributed by atoms with E-state index in [9.17, 15) is 9.18 Å². The second kappa shape index (κ2) is 11.4. The summed E-state index contributed by atoms with van der Waals surface area (Å²) in [4.78, 5) is 25.5. The van der Waals surface area contributed by atoms with Gasteiger partial charge in [-0.05, 0) is 50.7 Å². The van der Waals surface area contributed by atoms with Crippen LogP contribution in [0.2, 0.25) is 0 Å². The zero-order chi connectivity index (χ0) is 24.8. The maximum Gasteiger partial charge on any atom is 0.255 e. The number of nitrogens with one attached hydrogen (secondary N) is 1. The van der Waals surface area contributed by atoms with Gasteiger partial charge in [0.1, 0.15) is 6.10 Å². The molecule has 186 valence electrons. The van der Waals surface area contributed by atoms with Gasteiger partial charge in [-0.25, -0.2) is 9.37 Å². The summed E-state index contributed by atoms with van der Waals surface area (Å²) >= 11 is 0. The first kappa shape index (κ1) is 24.8. The maximum absolute atomic E-state index is 14.3. The van der Waals surface area contributed by atoms with E-state index in [2.05, 4.69) is 44.5 Å². The van der Waals surface area contributed by atoms with Crippen LogP contribution < -0.4 is 20.7 Å². The minimum Gasteiger partial charge on any atom is -0.372 e. The summed E-state index contributed by atoms with van der Waals surface area (Å²) < 4.78 is 21.8. The largest absolute Gasteiger partial charge is 0.372 e. The minimum absolute atomic E-state index is 0.130. The molecular formula is C26H33FN6O2. The fourth-order valence-corrected chi connectivity index (χ4v) is 4.44. The van der Waals surface area contributed by atoms with Gasteiger partial charge in [0.05, 0.1) is 25.0 Å². The van der Waals surface area contributed by atoms with Gasteiger partial charge >= 0.3 is 0 Å². The first-order chi connectivity index (χ1) is 17.0. The maximum atomic E-state index is 14.3. The predicted molar refractivity (Wildman–Crippen MR) is 136 cm³/mol. The quantitative estimate of drug-likeness (QED) is 0.615. The lowest BCUT2D eigenvalue weighted by Crippen LogP contribution is -2.41. The first-order valence-electron chi connectivity index (χ1n) is 12.0. The summed E-state index contributed by atoms with van der Waals surface area (Å²) in [6, 6.07) is 11.4. The lowest BCUT2D eigenvalue weighted by molar-refractivity contribution is 0.0390. The van der Waals surface area contributed by atoms with Gasteiger partial charge in [-0.3, -0.25) is 14.3 Å². The molecule has 9 heteroatoms. The standard InChI is InChI=1S/C24H26FN5O2.C2H7N/c1-28-23(31)14-21(19-8-9-26-15-20(19)25)27-24(28)30-12-13-32-22(16-30)17-4-6-18(7-5-17)29-10-2-3-11-29;1-3-2/h4-9,14-15,22H,2-3,10-13,16H2,1H3;3H,1-2H3. The fraction of sp³-hybridized carbons (Fsp3) is 0.423. The lowest BCUT2D eigenvalue weighted by atomic mass is 10.1. The van der Waals surface area contributed by atoms with Crippen molar-refractivity contribution in [2.75, 3.05) is 56.7 Å². The number of benzene rings is 1. The van der Waals surface area contributed by atoms with Crippen molar-refractivity contribution in [3.63, 3.8) is 0 Å². The summed E-state index contributed by atoms with van der Waals surface area (Å²) in [5.41, 5.74) is 2.68. The Morgan fingerprint density at radius 1 is 1.06 bits per heavy atom. The molecule has 2 aromatic heterocycles. The van der Waals surface area contributed by atoms with Gasteiger partial charge in [-0.2, -0.15) is 0 Å². The monoisotopic (exact) mass is 480 g/mol. The molecule has 35 heavy (non-hydrogen) atoms. The van der Waals surface area contributed by atoms with Gasteiger partial charge < -0.3 is 19.9 Å². The van der Waals surface area contributed by atoms with Crippen molar-refractivity contribution in [3.05, 3.63) is 70.5 Å². The van der Waals surface area contributed by atoms with E-state index in [0.717, 1.165) is 24.8 Å². The third kappa shape index (κ3) is 5.68. The van der Waals surface area contributed by atoms with Crippen LogP contribution >= 0.6 is 0 Å². The Balaban J connectivity index is 0.000000917. The molecule has 2 aliphatic heterocycles. The average molecular weight is 481 g/mol. The molecule has 2 saturated heterocycles. The number of anilines is 2. The van der Waals surface area contributed by atoms with Gasteiger partial charge in [0.2, 0.25) is 5.95 Å². The predicted octanol–water partition coefficient (Wildman–Crippen LogP) is 3.00. The molecule has 1 N–H and O–H groups in total. The second-order valence-corrected chi connectivity index (χ2v) is 8.79. The van der Waals surface area contributed by atoms with E-state index in [4.69, 9.17) is 4.74 Å². The summed E-state index contributed by atoms with van der Waals surface area (Å²) in [7, 11) is 5.44. The van der Waals surface area contributed by atoms with Gasteiger partial charge in [0.15, 0.2) is 5.82 Å². The Morgan fingerprint density at radius 3 is 2.46 bits per heavy atom. The van der Waals surface area contributed by atoms with Crippen molar-refractivity contribution < 1.29 is 9.13 Å². The van der Waals surface area contributed by atoms with E-state index in [-0.39, 0.29) is 17.2 Å². The third-order valence-corrected chi connectivity index (χ3v) is 6.25. The fourth-order valence-electron chi connectivity index (χ4n) is 4.44.